The molecule has 0 aliphatic carbocycles. The molecule has 0 saturated heterocycles. The van der Waals surface area contributed by atoms with Gasteiger partial charge in [-0.1, -0.05) is 32.8 Å². The highest BCUT2D eigenvalue weighted by Gasteiger charge is 2.23. The molecule has 0 spiro atoms. The monoisotopic (exact) mass is 296 g/mol. The van der Waals surface area contributed by atoms with Crippen molar-refractivity contribution >= 4 is 23.2 Å². The Balaban J connectivity index is 2.61. The average molecular weight is 296 g/mol. The van der Waals surface area contributed by atoms with Gasteiger partial charge in [0.2, 0.25) is 11.8 Å². The molecule has 1 heterocycles. The summed E-state index contributed by atoms with van der Waals surface area (Å²) in [6.45, 7) is 6.15. The summed E-state index contributed by atoms with van der Waals surface area (Å²) >= 11 is 1.68. The Morgan fingerprint density at radius 2 is 2.00 bits per heavy atom. The lowest BCUT2D eigenvalue weighted by Crippen LogP contribution is -2.35. The first kappa shape index (κ1) is 16.7. The molecule has 112 valence electrons. The van der Waals surface area contributed by atoms with Crippen molar-refractivity contribution < 1.29 is 9.59 Å². The SMILES string of the molecule is CCC(CC)C(NC(=O)CCNC(C)=O)c1cccs1. The Kier molecular flexibility index (Phi) is 7.30. The van der Waals surface area contributed by atoms with E-state index < -0.39 is 0 Å². The molecule has 1 aromatic rings. The number of carbonyl (C=O) groups excluding carboxylic acids is 2. The molecule has 1 aromatic heterocycles. The Morgan fingerprint density at radius 1 is 1.30 bits per heavy atom. The topological polar surface area (TPSA) is 58.2 Å². The molecule has 2 amide bonds. The summed E-state index contributed by atoms with van der Waals surface area (Å²) in [6, 6.07) is 4.16. The summed E-state index contributed by atoms with van der Waals surface area (Å²) in [6.07, 6.45) is 2.39. The van der Waals surface area contributed by atoms with E-state index in [1.807, 2.05) is 11.4 Å². The van der Waals surface area contributed by atoms with Crippen LogP contribution in [0.5, 0.6) is 0 Å². The van der Waals surface area contributed by atoms with Crippen LogP contribution in [0.2, 0.25) is 0 Å². The van der Waals surface area contributed by atoms with Crippen LogP contribution in [0.4, 0.5) is 0 Å². The van der Waals surface area contributed by atoms with E-state index >= 15 is 0 Å². The number of amides is 2. The lowest BCUT2D eigenvalue weighted by molar-refractivity contribution is -0.122. The molecule has 1 unspecified atom stereocenters. The van der Waals surface area contributed by atoms with E-state index in [4.69, 9.17) is 0 Å². The molecule has 4 nitrogen and oxygen atoms in total. The van der Waals surface area contributed by atoms with Gasteiger partial charge in [0.1, 0.15) is 0 Å². The molecule has 1 rings (SSSR count). The molecule has 5 heteroatoms. The predicted octanol–water partition coefficient (Wildman–Crippen LogP) is 2.87. The largest absolute Gasteiger partial charge is 0.356 e. The van der Waals surface area contributed by atoms with Crippen LogP contribution in [0.25, 0.3) is 0 Å². The lowest BCUT2D eigenvalue weighted by atomic mass is 9.93. The second kappa shape index (κ2) is 8.74. The van der Waals surface area contributed by atoms with Gasteiger partial charge < -0.3 is 10.6 Å². The van der Waals surface area contributed by atoms with Crippen molar-refractivity contribution in [2.24, 2.45) is 5.92 Å². The molecule has 20 heavy (non-hydrogen) atoms. The predicted molar refractivity (Wildman–Crippen MR) is 82.6 cm³/mol. The zero-order chi connectivity index (χ0) is 15.0. The highest BCUT2D eigenvalue weighted by molar-refractivity contribution is 7.10. The molecule has 0 saturated carbocycles. The fraction of sp³-hybridized carbons (Fsp3) is 0.600. The van der Waals surface area contributed by atoms with E-state index in [2.05, 4.69) is 30.5 Å². The summed E-state index contributed by atoms with van der Waals surface area (Å²) in [7, 11) is 0. The maximum atomic E-state index is 12.0. The van der Waals surface area contributed by atoms with Crippen molar-refractivity contribution in [3.8, 4) is 0 Å². The lowest BCUT2D eigenvalue weighted by Gasteiger charge is -2.25. The fourth-order valence-electron chi connectivity index (χ4n) is 2.25. The van der Waals surface area contributed by atoms with Crippen LogP contribution in [0, 0.1) is 5.92 Å². The Morgan fingerprint density at radius 3 is 2.50 bits per heavy atom. The highest BCUT2D eigenvalue weighted by atomic mass is 32.1. The van der Waals surface area contributed by atoms with E-state index in [0.717, 1.165) is 12.8 Å². The molecular formula is C15H24N2O2S. The molecule has 0 fully saturated rings. The maximum Gasteiger partial charge on any atom is 0.222 e. The minimum Gasteiger partial charge on any atom is -0.356 e. The molecule has 0 radical (unpaired) electrons. The van der Waals surface area contributed by atoms with Crippen LogP contribution < -0.4 is 10.6 Å². The third-order valence-corrected chi connectivity index (χ3v) is 4.37. The third-order valence-electron chi connectivity index (χ3n) is 3.41. The fourth-order valence-corrected chi connectivity index (χ4v) is 3.12. The first-order chi connectivity index (χ1) is 9.58. The van der Waals surface area contributed by atoms with E-state index in [1.165, 1.54) is 11.8 Å². The Hall–Kier alpha value is -1.36. The Labute approximate surface area is 125 Å². The number of carbonyl (C=O) groups is 2. The summed E-state index contributed by atoms with van der Waals surface area (Å²) < 4.78 is 0. The minimum absolute atomic E-state index is 0.0101. The summed E-state index contributed by atoms with van der Waals surface area (Å²) in [5.41, 5.74) is 0. The van der Waals surface area contributed by atoms with Gasteiger partial charge in [-0.3, -0.25) is 9.59 Å². The van der Waals surface area contributed by atoms with E-state index in [1.54, 1.807) is 11.3 Å². The average Bonchev–Trinajstić information content (AvgIpc) is 2.92. The van der Waals surface area contributed by atoms with Crippen LogP contribution in [-0.4, -0.2) is 18.4 Å². The van der Waals surface area contributed by atoms with Gasteiger partial charge in [0, 0.05) is 24.8 Å². The van der Waals surface area contributed by atoms with Gasteiger partial charge in [-0.15, -0.1) is 11.3 Å². The van der Waals surface area contributed by atoms with Crippen LogP contribution in [-0.2, 0) is 9.59 Å². The van der Waals surface area contributed by atoms with Gasteiger partial charge in [0.05, 0.1) is 6.04 Å². The van der Waals surface area contributed by atoms with Crippen LogP contribution in [0.3, 0.4) is 0 Å². The van der Waals surface area contributed by atoms with E-state index in [-0.39, 0.29) is 17.9 Å². The summed E-state index contributed by atoms with van der Waals surface area (Å²) in [5.74, 6) is 0.329. The maximum absolute atomic E-state index is 12.0. The van der Waals surface area contributed by atoms with Crippen molar-refractivity contribution in [1.82, 2.24) is 10.6 Å². The number of hydrogen-bond acceptors (Lipinski definition) is 3. The van der Waals surface area contributed by atoms with Crippen molar-refractivity contribution in [3.63, 3.8) is 0 Å². The number of rotatable bonds is 8. The van der Waals surface area contributed by atoms with Gasteiger partial charge in [-0.2, -0.15) is 0 Å². The number of nitrogens with one attached hydrogen (secondary N) is 2. The van der Waals surface area contributed by atoms with Crippen LogP contribution >= 0.6 is 11.3 Å². The normalized spacial score (nSPS) is 12.2. The summed E-state index contributed by atoms with van der Waals surface area (Å²) in [4.78, 5) is 24.0. The van der Waals surface area contributed by atoms with E-state index in [0.29, 0.717) is 18.9 Å². The van der Waals surface area contributed by atoms with Gasteiger partial charge in [0.25, 0.3) is 0 Å². The van der Waals surface area contributed by atoms with Gasteiger partial charge in [0.15, 0.2) is 0 Å². The molecule has 2 N–H and O–H groups in total. The van der Waals surface area contributed by atoms with Crippen LogP contribution in [0.1, 0.15) is 51.0 Å². The van der Waals surface area contributed by atoms with Gasteiger partial charge in [-0.25, -0.2) is 0 Å². The zero-order valence-corrected chi connectivity index (χ0v) is 13.3. The standard InChI is InChI=1S/C15H24N2O2S/c1-4-12(5-2)15(13-7-6-10-20-13)17-14(19)8-9-16-11(3)18/h6-7,10,12,15H,4-5,8-9H2,1-3H3,(H,16,18)(H,17,19). The van der Waals surface area contributed by atoms with Crippen LogP contribution in [0.15, 0.2) is 17.5 Å². The quantitative estimate of drug-likeness (QED) is 0.775. The first-order valence-electron chi connectivity index (χ1n) is 7.15. The van der Waals surface area contributed by atoms with Gasteiger partial charge in [-0.05, 0) is 17.4 Å². The number of hydrogen-bond donors (Lipinski definition) is 2. The van der Waals surface area contributed by atoms with Crippen molar-refractivity contribution in [1.29, 1.82) is 0 Å². The Bertz CT molecular complexity index is 414. The smallest absolute Gasteiger partial charge is 0.222 e. The zero-order valence-electron chi connectivity index (χ0n) is 12.4. The first-order valence-corrected chi connectivity index (χ1v) is 8.03. The number of thiophene rings is 1. The highest BCUT2D eigenvalue weighted by Crippen LogP contribution is 2.30. The van der Waals surface area contributed by atoms with Gasteiger partial charge >= 0.3 is 0 Å². The molecule has 0 aromatic carbocycles. The van der Waals surface area contributed by atoms with Crippen molar-refractivity contribution in [2.75, 3.05) is 6.54 Å². The van der Waals surface area contributed by atoms with E-state index in [9.17, 15) is 9.59 Å². The molecule has 0 bridgehead atoms. The molecule has 1 atom stereocenters. The second-order valence-electron chi connectivity index (χ2n) is 4.87. The third kappa shape index (κ3) is 5.33. The molecule has 0 aliphatic heterocycles. The summed E-state index contributed by atoms with van der Waals surface area (Å²) in [5, 5.41) is 7.80. The second-order valence-corrected chi connectivity index (χ2v) is 5.85. The molecule has 0 aliphatic rings. The van der Waals surface area contributed by atoms with Crippen molar-refractivity contribution in [2.45, 2.75) is 46.1 Å². The molecular weight excluding hydrogens is 272 g/mol. The van der Waals surface area contributed by atoms with Crippen molar-refractivity contribution in [3.05, 3.63) is 22.4 Å². The minimum atomic E-state index is -0.104.